The highest BCUT2D eigenvalue weighted by Gasteiger charge is 2.45. The van der Waals surface area contributed by atoms with Crippen LogP contribution in [0.3, 0.4) is 0 Å². The van der Waals surface area contributed by atoms with Gasteiger partial charge >= 0.3 is 6.18 Å². The van der Waals surface area contributed by atoms with Crippen LogP contribution in [0.25, 0.3) is 0 Å². The number of fused-ring (bicyclic) bond motifs is 1. The van der Waals surface area contributed by atoms with Crippen molar-refractivity contribution >= 4 is 23.0 Å². The number of halogens is 3. The normalized spacial score (nSPS) is 19.3. The molecule has 0 aliphatic carbocycles. The summed E-state index contributed by atoms with van der Waals surface area (Å²) in [6.45, 7) is 0. The molecule has 0 atom stereocenters. The van der Waals surface area contributed by atoms with E-state index in [0.717, 1.165) is 11.4 Å². The van der Waals surface area contributed by atoms with Crippen molar-refractivity contribution in [3.05, 3.63) is 47.8 Å². The summed E-state index contributed by atoms with van der Waals surface area (Å²) in [5.41, 5.74) is 0.233. The lowest BCUT2D eigenvalue weighted by atomic mass is 10.1. The molecule has 0 unspecified atom stereocenters. The first-order valence-electron chi connectivity index (χ1n) is 7.14. The number of hydrazone groups is 1. The Morgan fingerprint density at radius 3 is 2.04 bits per heavy atom. The number of nitrogens with zero attached hydrogens (tertiary/aromatic N) is 4. The van der Waals surface area contributed by atoms with E-state index in [2.05, 4.69) is 5.10 Å². The van der Waals surface area contributed by atoms with Gasteiger partial charge in [0.1, 0.15) is 5.82 Å². The number of hydrogen-bond acceptors (Lipinski definition) is 4. The van der Waals surface area contributed by atoms with Crippen LogP contribution in [-0.4, -0.2) is 43.9 Å². The van der Waals surface area contributed by atoms with Gasteiger partial charge in [0.25, 0.3) is 5.91 Å². The van der Waals surface area contributed by atoms with E-state index in [-0.39, 0.29) is 0 Å². The van der Waals surface area contributed by atoms with E-state index in [1.165, 1.54) is 19.2 Å². The second-order valence-electron chi connectivity index (χ2n) is 5.49. The number of hydrogen-bond donors (Lipinski definition) is 0. The highest BCUT2D eigenvalue weighted by atomic mass is 19.4. The first-order chi connectivity index (χ1) is 11.2. The molecule has 2 heterocycles. The second kappa shape index (κ2) is 5.40. The summed E-state index contributed by atoms with van der Waals surface area (Å²) in [5, 5.41) is 3.99. The summed E-state index contributed by atoms with van der Waals surface area (Å²) >= 11 is 0. The van der Waals surface area contributed by atoms with Gasteiger partial charge in [0, 0.05) is 21.1 Å². The van der Waals surface area contributed by atoms with E-state index < -0.39 is 23.4 Å². The highest BCUT2D eigenvalue weighted by molar-refractivity contribution is 6.26. The average molecular weight is 336 g/mol. The van der Waals surface area contributed by atoms with E-state index in [1.54, 1.807) is 0 Å². The molecule has 8 heteroatoms. The fraction of sp³-hybridized carbons (Fsp3) is 0.250. The molecule has 0 aromatic heterocycles. The average Bonchev–Trinajstić information content (AvgIpc) is 2.94. The van der Waals surface area contributed by atoms with Crippen molar-refractivity contribution in [2.45, 2.75) is 6.18 Å². The summed E-state index contributed by atoms with van der Waals surface area (Å²) in [4.78, 5) is 15.6. The standard InChI is InChI=1S/C16H15F3N4O/c1-21-11-6-4-5-7-12(11)22(2)13(21)9-8-10-14(16(17,18)19)20-23(3)15(10)24/h4-9H,1-3H3/b10-8+. The number of amides is 1. The minimum absolute atomic E-state index is 0.463. The number of carbonyl (C=O) groups is 1. The summed E-state index contributed by atoms with van der Waals surface area (Å²) in [6, 6.07) is 7.59. The molecular formula is C16H15F3N4O. The third-order valence-corrected chi connectivity index (χ3v) is 3.99. The molecule has 3 rings (SSSR count). The Morgan fingerprint density at radius 2 is 1.54 bits per heavy atom. The summed E-state index contributed by atoms with van der Waals surface area (Å²) in [7, 11) is 4.83. The fourth-order valence-electron chi connectivity index (χ4n) is 2.77. The van der Waals surface area contributed by atoms with Crippen LogP contribution >= 0.6 is 0 Å². The van der Waals surface area contributed by atoms with Crippen molar-refractivity contribution in [1.82, 2.24) is 5.01 Å². The molecule has 5 nitrogen and oxygen atoms in total. The number of anilines is 2. The molecule has 0 fully saturated rings. The van der Waals surface area contributed by atoms with Crippen molar-refractivity contribution < 1.29 is 18.0 Å². The Kier molecular flexibility index (Phi) is 3.62. The zero-order chi connectivity index (χ0) is 17.6. The summed E-state index contributed by atoms with van der Waals surface area (Å²) in [6.07, 6.45) is -2.01. The predicted molar refractivity (Wildman–Crippen MR) is 85.7 cm³/mol. The van der Waals surface area contributed by atoms with E-state index in [9.17, 15) is 18.0 Å². The summed E-state index contributed by atoms with van der Waals surface area (Å²) < 4.78 is 39.1. The van der Waals surface area contributed by atoms with Crippen molar-refractivity contribution in [2.24, 2.45) is 5.10 Å². The molecule has 0 radical (unpaired) electrons. The van der Waals surface area contributed by atoms with Crippen molar-refractivity contribution in [3.63, 3.8) is 0 Å². The van der Waals surface area contributed by atoms with Gasteiger partial charge in [0.05, 0.1) is 16.9 Å². The lowest BCUT2D eigenvalue weighted by molar-refractivity contribution is -0.124. The molecule has 1 aromatic rings. The maximum atomic E-state index is 13.0. The Balaban J connectivity index is 2.00. The molecule has 0 N–H and O–H groups in total. The zero-order valence-electron chi connectivity index (χ0n) is 13.3. The zero-order valence-corrected chi connectivity index (χ0v) is 13.3. The maximum Gasteiger partial charge on any atom is 0.435 e. The first kappa shape index (κ1) is 16.1. The number of para-hydroxylation sites is 2. The van der Waals surface area contributed by atoms with Gasteiger partial charge in [0.15, 0.2) is 5.71 Å². The lowest BCUT2D eigenvalue weighted by Crippen LogP contribution is -2.25. The molecule has 126 valence electrons. The molecule has 0 bridgehead atoms. The lowest BCUT2D eigenvalue weighted by Gasteiger charge is -2.17. The summed E-state index contributed by atoms with van der Waals surface area (Å²) in [5.74, 6) is -0.118. The van der Waals surface area contributed by atoms with Crippen LogP contribution < -0.4 is 9.80 Å². The van der Waals surface area contributed by atoms with Gasteiger partial charge in [-0.15, -0.1) is 0 Å². The number of alkyl halides is 3. The maximum absolute atomic E-state index is 13.0. The van der Waals surface area contributed by atoms with Crippen LogP contribution in [0.2, 0.25) is 0 Å². The number of allylic oxidation sites excluding steroid dienone is 2. The van der Waals surface area contributed by atoms with Gasteiger partial charge < -0.3 is 9.80 Å². The second-order valence-corrected chi connectivity index (χ2v) is 5.49. The van der Waals surface area contributed by atoms with Gasteiger partial charge in [-0.25, -0.2) is 5.01 Å². The number of rotatable bonds is 1. The van der Waals surface area contributed by atoms with Gasteiger partial charge in [-0.1, -0.05) is 12.1 Å². The minimum Gasteiger partial charge on any atom is -0.329 e. The quantitative estimate of drug-likeness (QED) is 0.740. The van der Waals surface area contributed by atoms with Crippen LogP contribution in [-0.2, 0) is 4.79 Å². The van der Waals surface area contributed by atoms with Gasteiger partial charge in [-0.2, -0.15) is 18.3 Å². The molecule has 0 saturated carbocycles. The number of benzene rings is 1. The third-order valence-electron chi connectivity index (χ3n) is 3.99. The largest absolute Gasteiger partial charge is 0.435 e. The van der Waals surface area contributed by atoms with Crippen LogP contribution in [0.4, 0.5) is 24.5 Å². The molecule has 2 aliphatic rings. The van der Waals surface area contributed by atoms with Gasteiger partial charge in [-0.3, -0.25) is 4.79 Å². The predicted octanol–water partition coefficient (Wildman–Crippen LogP) is 2.73. The van der Waals surface area contributed by atoms with Gasteiger partial charge in [-0.05, 0) is 24.3 Å². The van der Waals surface area contributed by atoms with Crippen LogP contribution in [0, 0.1) is 0 Å². The Bertz CT molecular complexity index is 764. The van der Waals surface area contributed by atoms with Crippen LogP contribution in [0.15, 0.2) is 52.9 Å². The van der Waals surface area contributed by atoms with Crippen LogP contribution in [0.1, 0.15) is 0 Å². The van der Waals surface area contributed by atoms with E-state index in [0.29, 0.717) is 10.8 Å². The fourth-order valence-corrected chi connectivity index (χ4v) is 2.77. The molecule has 0 spiro atoms. The third kappa shape index (κ3) is 2.44. The smallest absolute Gasteiger partial charge is 0.329 e. The first-order valence-corrected chi connectivity index (χ1v) is 7.14. The molecular weight excluding hydrogens is 321 g/mol. The molecule has 24 heavy (non-hydrogen) atoms. The Labute approximate surface area is 136 Å². The molecule has 2 aliphatic heterocycles. The monoisotopic (exact) mass is 336 g/mol. The highest BCUT2D eigenvalue weighted by Crippen LogP contribution is 2.39. The Morgan fingerprint density at radius 1 is 1.00 bits per heavy atom. The molecule has 0 saturated heterocycles. The number of carbonyl (C=O) groups excluding carboxylic acids is 1. The van der Waals surface area contributed by atoms with Crippen molar-refractivity contribution in [2.75, 3.05) is 30.9 Å². The molecule has 1 aromatic carbocycles. The minimum atomic E-state index is -4.68. The van der Waals surface area contributed by atoms with E-state index in [4.69, 9.17) is 0 Å². The molecule has 1 amide bonds. The van der Waals surface area contributed by atoms with E-state index in [1.807, 2.05) is 48.2 Å². The van der Waals surface area contributed by atoms with Gasteiger partial charge in [0.2, 0.25) is 0 Å². The topological polar surface area (TPSA) is 39.1 Å². The van der Waals surface area contributed by atoms with Crippen molar-refractivity contribution in [3.8, 4) is 0 Å². The number of likely N-dealkylation sites (N-methyl/N-ethyl adjacent to an activating group) is 1. The van der Waals surface area contributed by atoms with E-state index >= 15 is 0 Å². The SMILES string of the molecule is CN1N=C(C(F)(F)F)/C(=C\C=C2N(C)c3ccccc3N2C)C1=O. The Hall–Kier alpha value is -2.77. The van der Waals surface area contributed by atoms with Crippen molar-refractivity contribution in [1.29, 1.82) is 0 Å². The van der Waals surface area contributed by atoms with Crippen LogP contribution in [0.5, 0.6) is 0 Å².